The second-order valence-electron chi connectivity index (χ2n) is 4.96. The molecule has 2 rings (SSSR count). The van der Waals surface area contributed by atoms with Gasteiger partial charge in [-0.15, -0.1) is 0 Å². The van der Waals surface area contributed by atoms with Crippen LogP contribution in [0.5, 0.6) is 0 Å². The predicted molar refractivity (Wildman–Crippen MR) is 79.2 cm³/mol. The summed E-state index contributed by atoms with van der Waals surface area (Å²) in [5.41, 5.74) is 7.33. The molecule has 0 unspecified atom stereocenters. The molecule has 4 nitrogen and oxygen atoms in total. The molecule has 1 aromatic carbocycles. The maximum Gasteiger partial charge on any atom is 0.173 e. The molecular formula is C14H20ClN3O. The van der Waals surface area contributed by atoms with E-state index in [2.05, 4.69) is 17.0 Å². The summed E-state index contributed by atoms with van der Waals surface area (Å²) < 4.78 is 0. The Labute approximate surface area is 118 Å². The molecule has 1 fully saturated rings. The van der Waals surface area contributed by atoms with Crippen LogP contribution in [0.2, 0.25) is 5.02 Å². The zero-order valence-electron chi connectivity index (χ0n) is 11.1. The molecule has 1 aliphatic rings. The van der Waals surface area contributed by atoms with Gasteiger partial charge >= 0.3 is 0 Å². The Balaban J connectivity index is 2.28. The molecule has 1 aromatic rings. The van der Waals surface area contributed by atoms with Crippen molar-refractivity contribution in [3.05, 3.63) is 28.8 Å². The van der Waals surface area contributed by atoms with E-state index >= 15 is 0 Å². The first-order valence-corrected chi connectivity index (χ1v) is 7.06. The summed E-state index contributed by atoms with van der Waals surface area (Å²) >= 11 is 6.18. The Morgan fingerprint density at radius 1 is 1.47 bits per heavy atom. The van der Waals surface area contributed by atoms with Crippen LogP contribution < -0.4 is 10.6 Å². The van der Waals surface area contributed by atoms with Gasteiger partial charge in [0.15, 0.2) is 5.84 Å². The zero-order chi connectivity index (χ0) is 13.8. The molecule has 0 aromatic heterocycles. The van der Waals surface area contributed by atoms with E-state index in [4.69, 9.17) is 22.5 Å². The number of halogens is 1. The van der Waals surface area contributed by atoms with Crippen LogP contribution in [0.3, 0.4) is 0 Å². The molecule has 0 radical (unpaired) electrons. The number of piperidine rings is 1. The van der Waals surface area contributed by atoms with Crippen LogP contribution in [0, 0.1) is 5.92 Å². The number of benzene rings is 1. The van der Waals surface area contributed by atoms with E-state index in [0.717, 1.165) is 24.7 Å². The topological polar surface area (TPSA) is 61.8 Å². The summed E-state index contributed by atoms with van der Waals surface area (Å²) in [5.74, 6) is 0.876. The van der Waals surface area contributed by atoms with E-state index in [0.29, 0.717) is 10.6 Å². The standard InChI is InChI=1S/C14H20ClN3O/c1-2-10-6-8-18(9-7-10)12-5-3-4-11(15)13(12)14(16)17-19/h3-5,10,19H,2,6-9H2,1H3,(H2,16,17). The lowest BCUT2D eigenvalue weighted by Crippen LogP contribution is -2.35. The number of oxime groups is 1. The lowest BCUT2D eigenvalue weighted by atomic mass is 9.93. The van der Waals surface area contributed by atoms with Gasteiger partial charge in [-0.05, 0) is 30.9 Å². The van der Waals surface area contributed by atoms with Crippen LogP contribution >= 0.6 is 11.6 Å². The molecule has 0 atom stereocenters. The summed E-state index contributed by atoms with van der Waals surface area (Å²) in [6.45, 7) is 4.22. The highest BCUT2D eigenvalue weighted by Gasteiger charge is 2.22. The van der Waals surface area contributed by atoms with Crippen molar-refractivity contribution < 1.29 is 5.21 Å². The summed E-state index contributed by atoms with van der Waals surface area (Å²) in [5, 5.41) is 12.5. The Hall–Kier alpha value is -1.42. The smallest absolute Gasteiger partial charge is 0.173 e. The number of nitrogens with zero attached hydrogens (tertiary/aromatic N) is 2. The van der Waals surface area contributed by atoms with E-state index in [-0.39, 0.29) is 5.84 Å². The van der Waals surface area contributed by atoms with E-state index < -0.39 is 0 Å². The first-order valence-electron chi connectivity index (χ1n) is 6.68. The van der Waals surface area contributed by atoms with Gasteiger partial charge in [-0.2, -0.15) is 0 Å². The fourth-order valence-electron chi connectivity index (χ4n) is 2.66. The minimum Gasteiger partial charge on any atom is -0.409 e. The summed E-state index contributed by atoms with van der Waals surface area (Å²) in [6.07, 6.45) is 3.59. The normalized spacial score (nSPS) is 17.8. The Morgan fingerprint density at radius 2 is 2.16 bits per heavy atom. The second kappa shape index (κ2) is 6.15. The van der Waals surface area contributed by atoms with Gasteiger partial charge in [0.05, 0.1) is 10.6 Å². The van der Waals surface area contributed by atoms with Gasteiger partial charge in [0, 0.05) is 18.8 Å². The molecule has 1 heterocycles. The van der Waals surface area contributed by atoms with Crippen LogP contribution in [-0.4, -0.2) is 24.1 Å². The molecule has 5 heteroatoms. The van der Waals surface area contributed by atoms with Crippen molar-refractivity contribution in [1.29, 1.82) is 0 Å². The first kappa shape index (κ1) is 14.0. The SMILES string of the molecule is CCC1CCN(c2cccc(Cl)c2C(N)=NO)CC1. The quantitative estimate of drug-likeness (QED) is 0.387. The van der Waals surface area contributed by atoms with Crippen molar-refractivity contribution in [2.24, 2.45) is 16.8 Å². The highest BCUT2D eigenvalue weighted by Crippen LogP contribution is 2.31. The van der Waals surface area contributed by atoms with Gasteiger partial charge in [0.1, 0.15) is 0 Å². The molecule has 0 bridgehead atoms. The Morgan fingerprint density at radius 3 is 2.74 bits per heavy atom. The summed E-state index contributed by atoms with van der Waals surface area (Å²) in [7, 11) is 0. The highest BCUT2D eigenvalue weighted by molar-refractivity contribution is 6.34. The van der Waals surface area contributed by atoms with Crippen molar-refractivity contribution in [1.82, 2.24) is 0 Å². The highest BCUT2D eigenvalue weighted by atomic mass is 35.5. The molecule has 0 amide bonds. The number of hydrogen-bond donors (Lipinski definition) is 2. The van der Waals surface area contributed by atoms with Crippen molar-refractivity contribution in [3.63, 3.8) is 0 Å². The number of nitrogens with two attached hydrogens (primary N) is 1. The number of amidine groups is 1. The predicted octanol–water partition coefficient (Wildman–Crippen LogP) is 3.06. The Bertz CT molecular complexity index is 468. The average Bonchev–Trinajstić information content (AvgIpc) is 2.46. The maximum atomic E-state index is 8.90. The van der Waals surface area contributed by atoms with Gasteiger partial charge in [0.2, 0.25) is 0 Å². The third-order valence-corrected chi connectivity index (χ3v) is 4.20. The van der Waals surface area contributed by atoms with Crippen molar-refractivity contribution in [2.75, 3.05) is 18.0 Å². The molecule has 0 saturated carbocycles. The molecule has 104 valence electrons. The number of anilines is 1. The van der Waals surface area contributed by atoms with E-state index in [9.17, 15) is 0 Å². The fourth-order valence-corrected chi connectivity index (χ4v) is 2.93. The monoisotopic (exact) mass is 281 g/mol. The fraction of sp³-hybridized carbons (Fsp3) is 0.500. The van der Waals surface area contributed by atoms with Gasteiger partial charge in [-0.25, -0.2) is 0 Å². The molecule has 3 N–H and O–H groups in total. The maximum absolute atomic E-state index is 8.90. The van der Waals surface area contributed by atoms with E-state index in [1.54, 1.807) is 6.07 Å². The first-order chi connectivity index (χ1) is 9.17. The van der Waals surface area contributed by atoms with Crippen LogP contribution in [-0.2, 0) is 0 Å². The number of hydrogen-bond acceptors (Lipinski definition) is 3. The summed E-state index contributed by atoms with van der Waals surface area (Å²) in [6, 6.07) is 5.64. The van der Waals surface area contributed by atoms with Gasteiger partial charge in [-0.3, -0.25) is 0 Å². The molecule has 0 spiro atoms. The van der Waals surface area contributed by atoms with E-state index in [1.165, 1.54) is 19.3 Å². The minimum atomic E-state index is 0.0678. The van der Waals surface area contributed by atoms with Crippen LogP contribution in [0.4, 0.5) is 5.69 Å². The minimum absolute atomic E-state index is 0.0678. The van der Waals surface area contributed by atoms with Crippen molar-refractivity contribution in [2.45, 2.75) is 26.2 Å². The number of rotatable bonds is 3. The van der Waals surface area contributed by atoms with Crippen LogP contribution in [0.15, 0.2) is 23.4 Å². The molecule has 19 heavy (non-hydrogen) atoms. The molecule has 0 aliphatic carbocycles. The third-order valence-electron chi connectivity index (χ3n) is 3.89. The Kier molecular flexibility index (Phi) is 4.53. The average molecular weight is 282 g/mol. The van der Waals surface area contributed by atoms with Crippen molar-refractivity contribution >= 4 is 23.1 Å². The van der Waals surface area contributed by atoms with Gasteiger partial charge in [0.25, 0.3) is 0 Å². The van der Waals surface area contributed by atoms with Gasteiger partial charge in [-0.1, -0.05) is 36.2 Å². The lowest BCUT2D eigenvalue weighted by molar-refractivity contribution is 0.318. The van der Waals surface area contributed by atoms with Crippen LogP contribution in [0.25, 0.3) is 0 Å². The lowest BCUT2D eigenvalue weighted by Gasteiger charge is -2.34. The second-order valence-corrected chi connectivity index (χ2v) is 5.37. The summed E-state index contributed by atoms with van der Waals surface area (Å²) in [4.78, 5) is 2.27. The molecule has 1 aliphatic heterocycles. The van der Waals surface area contributed by atoms with E-state index in [1.807, 2.05) is 12.1 Å². The zero-order valence-corrected chi connectivity index (χ0v) is 11.9. The van der Waals surface area contributed by atoms with Gasteiger partial charge < -0.3 is 15.8 Å². The van der Waals surface area contributed by atoms with Crippen molar-refractivity contribution in [3.8, 4) is 0 Å². The molecule has 1 saturated heterocycles. The van der Waals surface area contributed by atoms with Crippen LogP contribution in [0.1, 0.15) is 31.7 Å². The third kappa shape index (κ3) is 2.95. The molecular weight excluding hydrogens is 262 g/mol. The largest absolute Gasteiger partial charge is 0.409 e.